The third-order valence-corrected chi connectivity index (χ3v) is 7.70. The Hall–Kier alpha value is -1.44. The van der Waals surface area contributed by atoms with Crippen molar-refractivity contribution < 1.29 is 13.2 Å². The van der Waals surface area contributed by atoms with E-state index in [1.807, 2.05) is 4.90 Å². The van der Waals surface area contributed by atoms with Crippen molar-refractivity contribution >= 4 is 15.9 Å². The summed E-state index contributed by atoms with van der Waals surface area (Å²) in [5.74, 6) is 1.34. The number of piperidine rings is 1. The standard InChI is InChI=1S/C22H35N3O3S/c1-17(2)14-23-9-11-24(12-10-23)22(26)20-5-7-21(8-6-20)29(27,28)25-15-18(3)13-19(4)16-25/h5-8,17-19H,9-16H2,1-4H3. The van der Waals surface area contributed by atoms with Gasteiger partial charge in [0.25, 0.3) is 5.91 Å². The number of piperazine rings is 1. The summed E-state index contributed by atoms with van der Waals surface area (Å²) in [6.07, 6.45) is 1.06. The van der Waals surface area contributed by atoms with Gasteiger partial charge in [0.05, 0.1) is 4.90 Å². The number of carbonyl (C=O) groups excluding carboxylic acids is 1. The van der Waals surface area contributed by atoms with Crippen LogP contribution in [0.4, 0.5) is 0 Å². The second-order valence-electron chi connectivity index (χ2n) is 9.28. The third-order valence-electron chi connectivity index (χ3n) is 5.86. The van der Waals surface area contributed by atoms with Crippen LogP contribution in [0.25, 0.3) is 0 Å². The van der Waals surface area contributed by atoms with Gasteiger partial charge in [0.1, 0.15) is 0 Å². The highest BCUT2D eigenvalue weighted by molar-refractivity contribution is 7.89. The van der Waals surface area contributed by atoms with Crippen LogP contribution in [0, 0.1) is 17.8 Å². The second-order valence-corrected chi connectivity index (χ2v) is 11.2. The Bertz CT molecular complexity index is 789. The molecule has 0 radical (unpaired) electrons. The smallest absolute Gasteiger partial charge is 0.253 e. The SMILES string of the molecule is CC(C)CN1CCN(C(=O)c2ccc(S(=O)(=O)N3CC(C)CC(C)C3)cc2)CC1. The van der Waals surface area contributed by atoms with E-state index in [0.29, 0.717) is 36.4 Å². The van der Waals surface area contributed by atoms with Crippen molar-refractivity contribution in [3.63, 3.8) is 0 Å². The van der Waals surface area contributed by atoms with Crippen LogP contribution in [0.5, 0.6) is 0 Å². The molecule has 0 saturated carbocycles. The topological polar surface area (TPSA) is 60.9 Å². The maximum Gasteiger partial charge on any atom is 0.253 e. The molecule has 2 heterocycles. The van der Waals surface area contributed by atoms with E-state index < -0.39 is 10.0 Å². The molecule has 0 aromatic heterocycles. The van der Waals surface area contributed by atoms with Gasteiger partial charge >= 0.3 is 0 Å². The fraction of sp³-hybridized carbons (Fsp3) is 0.682. The Balaban J connectivity index is 1.65. The van der Waals surface area contributed by atoms with E-state index in [1.54, 1.807) is 28.6 Å². The number of hydrogen-bond acceptors (Lipinski definition) is 4. The minimum Gasteiger partial charge on any atom is -0.336 e. The largest absolute Gasteiger partial charge is 0.336 e. The molecule has 2 aliphatic heterocycles. The lowest BCUT2D eigenvalue weighted by Crippen LogP contribution is -2.49. The molecular weight excluding hydrogens is 386 g/mol. The fourth-order valence-corrected chi connectivity index (χ4v) is 6.23. The maximum atomic E-state index is 13.0. The van der Waals surface area contributed by atoms with E-state index in [0.717, 1.165) is 39.1 Å². The molecule has 6 nitrogen and oxygen atoms in total. The maximum absolute atomic E-state index is 13.0. The van der Waals surface area contributed by atoms with Crippen molar-refractivity contribution in [2.75, 3.05) is 45.8 Å². The summed E-state index contributed by atoms with van der Waals surface area (Å²) in [6.45, 7) is 14.0. The molecule has 1 amide bonds. The highest BCUT2D eigenvalue weighted by Crippen LogP contribution is 2.27. The molecule has 3 rings (SSSR count). The Labute approximate surface area is 175 Å². The molecular formula is C22H35N3O3S. The van der Waals surface area contributed by atoms with E-state index in [4.69, 9.17) is 0 Å². The predicted molar refractivity (Wildman–Crippen MR) is 115 cm³/mol. The molecule has 2 unspecified atom stereocenters. The second kappa shape index (κ2) is 9.14. The molecule has 1 aromatic carbocycles. The summed E-state index contributed by atoms with van der Waals surface area (Å²) < 4.78 is 27.6. The predicted octanol–water partition coefficient (Wildman–Crippen LogP) is 2.77. The van der Waals surface area contributed by atoms with Crippen LogP contribution >= 0.6 is 0 Å². The number of amides is 1. The van der Waals surface area contributed by atoms with Crippen LogP contribution in [0.2, 0.25) is 0 Å². The number of benzene rings is 1. The Morgan fingerprint density at radius 3 is 2.07 bits per heavy atom. The summed E-state index contributed by atoms with van der Waals surface area (Å²) in [6, 6.07) is 6.49. The molecule has 1 aromatic rings. The summed E-state index contributed by atoms with van der Waals surface area (Å²) in [5.41, 5.74) is 0.557. The minimum atomic E-state index is -3.51. The highest BCUT2D eigenvalue weighted by atomic mass is 32.2. The Morgan fingerprint density at radius 1 is 1.00 bits per heavy atom. The zero-order valence-corrected chi connectivity index (χ0v) is 19.0. The summed E-state index contributed by atoms with van der Waals surface area (Å²) >= 11 is 0. The van der Waals surface area contributed by atoms with Gasteiger partial charge in [-0.2, -0.15) is 4.31 Å². The first-order chi connectivity index (χ1) is 13.7. The number of hydrogen-bond donors (Lipinski definition) is 0. The van der Waals surface area contributed by atoms with Crippen molar-refractivity contribution in [2.45, 2.75) is 39.0 Å². The van der Waals surface area contributed by atoms with Gasteiger partial charge in [-0.15, -0.1) is 0 Å². The van der Waals surface area contributed by atoms with Crippen molar-refractivity contribution in [1.82, 2.24) is 14.1 Å². The quantitative estimate of drug-likeness (QED) is 0.734. The first kappa shape index (κ1) is 22.2. The van der Waals surface area contributed by atoms with Crippen LogP contribution in [-0.2, 0) is 10.0 Å². The number of sulfonamides is 1. The zero-order valence-electron chi connectivity index (χ0n) is 18.2. The van der Waals surface area contributed by atoms with Crippen molar-refractivity contribution in [3.8, 4) is 0 Å². The van der Waals surface area contributed by atoms with Gasteiger partial charge in [-0.05, 0) is 48.4 Å². The first-order valence-corrected chi connectivity index (χ1v) is 12.2. The number of rotatable bonds is 5. The van der Waals surface area contributed by atoms with E-state index in [-0.39, 0.29) is 10.8 Å². The van der Waals surface area contributed by atoms with Gasteiger partial charge < -0.3 is 4.90 Å². The molecule has 29 heavy (non-hydrogen) atoms. The van der Waals surface area contributed by atoms with Crippen LogP contribution in [0.3, 0.4) is 0 Å². The third kappa shape index (κ3) is 5.38. The monoisotopic (exact) mass is 421 g/mol. The number of carbonyl (C=O) groups is 1. The van der Waals surface area contributed by atoms with E-state index in [1.165, 1.54) is 0 Å². The van der Waals surface area contributed by atoms with E-state index in [9.17, 15) is 13.2 Å². The lowest BCUT2D eigenvalue weighted by molar-refractivity contribution is 0.0623. The van der Waals surface area contributed by atoms with Crippen LogP contribution in [0.1, 0.15) is 44.5 Å². The zero-order chi connectivity index (χ0) is 21.2. The van der Waals surface area contributed by atoms with E-state index in [2.05, 4.69) is 32.6 Å². The molecule has 0 bridgehead atoms. The van der Waals surface area contributed by atoms with Gasteiger partial charge in [-0.1, -0.05) is 27.7 Å². The molecule has 2 fully saturated rings. The molecule has 0 N–H and O–H groups in total. The average Bonchev–Trinajstić information content (AvgIpc) is 2.67. The average molecular weight is 422 g/mol. The number of nitrogens with zero attached hydrogens (tertiary/aromatic N) is 3. The van der Waals surface area contributed by atoms with Crippen molar-refractivity contribution in [1.29, 1.82) is 0 Å². The Kier molecular flexibility index (Phi) is 7.02. The van der Waals surface area contributed by atoms with Crippen molar-refractivity contribution in [2.24, 2.45) is 17.8 Å². The fourth-order valence-electron chi connectivity index (χ4n) is 4.55. The van der Waals surface area contributed by atoms with Gasteiger partial charge in [-0.3, -0.25) is 9.69 Å². The molecule has 0 aliphatic carbocycles. The first-order valence-electron chi connectivity index (χ1n) is 10.8. The molecule has 162 valence electrons. The van der Waals surface area contributed by atoms with Crippen LogP contribution in [0.15, 0.2) is 29.2 Å². The molecule has 2 atom stereocenters. The van der Waals surface area contributed by atoms with Crippen molar-refractivity contribution in [3.05, 3.63) is 29.8 Å². The Morgan fingerprint density at radius 2 is 1.55 bits per heavy atom. The van der Waals surface area contributed by atoms with Crippen LogP contribution < -0.4 is 0 Å². The molecule has 2 saturated heterocycles. The minimum absolute atomic E-state index is 0.0154. The lowest BCUT2D eigenvalue weighted by atomic mass is 9.94. The summed E-state index contributed by atoms with van der Waals surface area (Å²) in [7, 11) is -3.51. The summed E-state index contributed by atoms with van der Waals surface area (Å²) in [4.78, 5) is 17.4. The molecule has 2 aliphatic rings. The van der Waals surface area contributed by atoms with Gasteiger partial charge in [-0.25, -0.2) is 8.42 Å². The van der Waals surface area contributed by atoms with E-state index >= 15 is 0 Å². The van der Waals surface area contributed by atoms with Gasteiger partial charge in [0, 0.05) is 51.4 Å². The van der Waals surface area contributed by atoms with Gasteiger partial charge in [0.2, 0.25) is 10.0 Å². The lowest BCUT2D eigenvalue weighted by Gasteiger charge is -2.35. The van der Waals surface area contributed by atoms with Crippen LogP contribution in [-0.4, -0.2) is 74.2 Å². The normalized spacial score (nSPS) is 24.8. The van der Waals surface area contributed by atoms with Gasteiger partial charge in [0.15, 0.2) is 0 Å². The highest BCUT2D eigenvalue weighted by Gasteiger charge is 2.32. The summed E-state index contributed by atoms with van der Waals surface area (Å²) in [5, 5.41) is 0. The molecule has 0 spiro atoms. The molecule has 7 heteroatoms.